The molecule has 184 valence electrons. The SMILES string of the molecule is Cc1ccc(N2C3=C(C(=O)CC(C)(C)C3)C(c3ccccc3[N+](=O)[O-])C(C#N)=C2c2ccccc2)cc1. The van der Waals surface area contributed by atoms with Gasteiger partial charge in [-0.05, 0) is 36.5 Å². The molecule has 0 bridgehead atoms. The molecular weight excluding hydrogens is 462 g/mol. The zero-order valence-electron chi connectivity index (χ0n) is 21.1. The van der Waals surface area contributed by atoms with Crippen molar-refractivity contribution in [3.63, 3.8) is 0 Å². The van der Waals surface area contributed by atoms with Gasteiger partial charge in [0.15, 0.2) is 5.78 Å². The molecule has 5 rings (SSSR count). The number of para-hydroxylation sites is 1. The zero-order valence-corrected chi connectivity index (χ0v) is 21.1. The average Bonchev–Trinajstić information content (AvgIpc) is 2.88. The van der Waals surface area contributed by atoms with Gasteiger partial charge in [0.05, 0.1) is 28.2 Å². The van der Waals surface area contributed by atoms with Gasteiger partial charge in [0, 0.05) is 35.0 Å². The first-order valence-corrected chi connectivity index (χ1v) is 12.3. The smallest absolute Gasteiger partial charge is 0.273 e. The van der Waals surface area contributed by atoms with Crippen molar-refractivity contribution in [3.05, 3.63) is 123 Å². The van der Waals surface area contributed by atoms with E-state index >= 15 is 0 Å². The van der Waals surface area contributed by atoms with E-state index in [0.29, 0.717) is 35.2 Å². The number of nitro benzene ring substituents is 1. The summed E-state index contributed by atoms with van der Waals surface area (Å²) >= 11 is 0. The van der Waals surface area contributed by atoms with Crippen LogP contribution in [0.25, 0.3) is 5.70 Å². The quantitative estimate of drug-likeness (QED) is 0.288. The molecule has 6 heteroatoms. The summed E-state index contributed by atoms with van der Waals surface area (Å²) in [5.41, 5.74) is 4.96. The molecule has 37 heavy (non-hydrogen) atoms. The molecular formula is C31H27N3O3. The number of aryl methyl sites for hydroxylation is 1. The molecule has 1 heterocycles. The largest absolute Gasteiger partial charge is 0.312 e. The van der Waals surface area contributed by atoms with Crippen molar-refractivity contribution in [1.29, 1.82) is 5.26 Å². The zero-order chi connectivity index (χ0) is 26.3. The third kappa shape index (κ3) is 4.23. The van der Waals surface area contributed by atoms with E-state index < -0.39 is 10.8 Å². The number of rotatable bonds is 4. The highest BCUT2D eigenvalue weighted by Gasteiger charge is 2.46. The van der Waals surface area contributed by atoms with Gasteiger partial charge in [0.2, 0.25) is 0 Å². The number of anilines is 1. The van der Waals surface area contributed by atoms with Crippen LogP contribution in [0.1, 0.15) is 49.3 Å². The lowest BCUT2D eigenvalue weighted by atomic mass is 9.67. The van der Waals surface area contributed by atoms with Crippen molar-refractivity contribution in [2.45, 2.75) is 39.5 Å². The summed E-state index contributed by atoms with van der Waals surface area (Å²) in [5.74, 6) is -0.909. The minimum atomic E-state index is -0.831. The number of hydrogen-bond donors (Lipinski definition) is 0. The summed E-state index contributed by atoms with van der Waals surface area (Å²) in [6, 6.07) is 26.4. The Bertz CT molecular complexity index is 1510. The predicted molar refractivity (Wildman–Crippen MR) is 144 cm³/mol. The number of nitro groups is 1. The lowest BCUT2D eigenvalue weighted by molar-refractivity contribution is -0.385. The Morgan fingerprint density at radius 2 is 1.62 bits per heavy atom. The van der Waals surface area contributed by atoms with E-state index in [-0.39, 0.29) is 16.9 Å². The molecule has 0 fully saturated rings. The molecule has 0 N–H and O–H groups in total. The maximum atomic E-state index is 13.9. The number of nitrogens with zero attached hydrogens (tertiary/aromatic N) is 3. The number of allylic oxidation sites excluding steroid dienone is 3. The fourth-order valence-electron chi connectivity index (χ4n) is 5.55. The highest BCUT2D eigenvalue weighted by atomic mass is 16.6. The molecule has 0 aromatic heterocycles. The summed E-state index contributed by atoms with van der Waals surface area (Å²) in [6.07, 6.45) is 0.901. The van der Waals surface area contributed by atoms with Crippen LogP contribution in [0.15, 0.2) is 95.7 Å². The third-order valence-electron chi connectivity index (χ3n) is 7.13. The highest BCUT2D eigenvalue weighted by Crippen LogP contribution is 2.54. The lowest BCUT2D eigenvalue weighted by Crippen LogP contribution is -2.39. The van der Waals surface area contributed by atoms with Crippen molar-refractivity contribution in [2.24, 2.45) is 5.41 Å². The van der Waals surface area contributed by atoms with Crippen LogP contribution in [0.5, 0.6) is 0 Å². The van der Waals surface area contributed by atoms with E-state index in [9.17, 15) is 20.2 Å². The first-order valence-electron chi connectivity index (χ1n) is 12.3. The molecule has 1 atom stereocenters. The minimum Gasteiger partial charge on any atom is -0.312 e. The molecule has 0 amide bonds. The predicted octanol–water partition coefficient (Wildman–Crippen LogP) is 7.09. The van der Waals surface area contributed by atoms with E-state index in [1.54, 1.807) is 18.2 Å². The van der Waals surface area contributed by atoms with Crippen LogP contribution in [-0.4, -0.2) is 10.7 Å². The molecule has 3 aromatic rings. The van der Waals surface area contributed by atoms with Crippen LogP contribution in [0.2, 0.25) is 0 Å². The monoisotopic (exact) mass is 489 g/mol. The summed E-state index contributed by atoms with van der Waals surface area (Å²) in [7, 11) is 0. The number of carbonyl (C=O) groups is 1. The number of hydrogen-bond acceptors (Lipinski definition) is 5. The Morgan fingerprint density at radius 3 is 2.27 bits per heavy atom. The van der Waals surface area contributed by atoms with Gasteiger partial charge in [0.25, 0.3) is 5.69 Å². The highest BCUT2D eigenvalue weighted by molar-refractivity contribution is 6.05. The maximum absolute atomic E-state index is 13.9. The van der Waals surface area contributed by atoms with Gasteiger partial charge in [-0.1, -0.05) is 80.1 Å². The molecule has 0 radical (unpaired) electrons. The van der Waals surface area contributed by atoms with E-state index in [1.165, 1.54) is 6.07 Å². The molecule has 3 aromatic carbocycles. The first-order chi connectivity index (χ1) is 17.7. The van der Waals surface area contributed by atoms with E-state index in [4.69, 9.17) is 0 Å². The van der Waals surface area contributed by atoms with Crippen LogP contribution in [0.4, 0.5) is 11.4 Å². The molecule has 1 aliphatic heterocycles. The van der Waals surface area contributed by atoms with Gasteiger partial charge in [-0.25, -0.2) is 0 Å². The second-order valence-electron chi connectivity index (χ2n) is 10.5. The Kier molecular flexibility index (Phi) is 6.01. The Hall–Kier alpha value is -4.50. The van der Waals surface area contributed by atoms with Gasteiger partial charge in [0.1, 0.15) is 0 Å². The Labute approximate surface area is 216 Å². The number of ketones is 1. The van der Waals surface area contributed by atoms with Crippen LogP contribution in [0, 0.1) is 33.8 Å². The van der Waals surface area contributed by atoms with Crippen molar-refractivity contribution in [1.82, 2.24) is 0 Å². The topological polar surface area (TPSA) is 87.2 Å². The standard InChI is InChI=1S/C31H27N3O3/c1-20-13-15-22(16-14-20)33-26-17-31(2,3)18-27(35)29(26)28(23-11-7-8-12-25(23)34(36)37)24(19-32)30(33)21-9-5-4-6-10-21/h4-16,28H,17-18H2,1-3H3. The van der Waals surface area contributed by atoms with E-state index in [2.05, 4.69) is 19.9 Å². The molecule has 0 saturated carbocycles. The first kappa shape index (κ1) is 24.2. The molecule has 6 nitrogen and oxygen atoms in total. The molecule has 2 aliphatic rings. The van der Waals surface area contributed by atoms with E-state index in [1.807, 2.05) is 66.4 Å². The van der Waals surface area contributed by atoms with Crippen molar-refractivity contribution >= 4 is 22.9 Å². The van der Waals surface area contributed by atoms with Gasteiger partial charge >= 0.3 is 0 Å². The Balaban J connectivity index is 1.91. The Morgan fingerprint density at radius 1 is 0.973 bits per heavy atom. The van der Waals surface area contributed by atoms with Crippen LogP contribution >= 0.6 is 0 Å². The number of benzene rings is 3. The van der Waals surface area contributed by atoms with Crippen LogP contribution < -0.4 is 4.90 Å². The van der Waals surface area contributed by atoms with Crippen molar-refractivity contribution in [3.8, 4) is 6.07 Å². The number of carbonyl (C=O) groups excluding carboxylic acids is 1. The summed E-state index contributed by atoms with van der Waals surface area (Å²) in [5, 5.41) is 22.7. The second kappa shape index (κ2) is 9.18. The molecule has 1 aliphatic carbocycles. The number of Topliss-reactive ketones (excluding diaryl/α,β-unsaturated/α-hetero) is 1. The van der Waals surface area contributed by atoms with Gasteiger partial charge in [-0.2, -0.15) is 5.26 Å². The second-order valence-corrected chi connectivity index (χ2v) is 10.5. The fourth-order valence-corrected chi connectivity index (χ4v) is 5.55. The maximum Gasteiger partial charge on any atom is 0.273 e. The van der Waals surface area contributed by atoms with Gasteiger partial charge in [-0.15, -0.1) is 0 Å². The van der Waals surface area contributed by atoms with Crippen LogP contribution in [-0.2, 0) is 4.79 Å². The van der Waals surface area contributed by atoms with Gasteiger partial charge in [-0.3, -0.25) is 14.9 Å². The minimum absolute atomic E-state index is 0.0774. The summed E-state index contributed by atoms with van der Waals surface area (Å²) in [4.78, 5) is 27.5. The number of nitriles is 1. The third-order valence-corrected chi connectivity index (χ3v) is 7.13. The molecule has 0 saturated heterocycles. The van der Waals surface area contributed by atoms with Gasteiger partial charge < -0.3 is 4.90 Å². The molecule has 1 unspecified atom stereocenters. The average molecular weight is 490 g/mol. The lowest BCUT2D eigenvalue weighted by Gasteiger charge is -2.45. The molecule has 0 spiro atoms. The van der Waals surface area contributed by atoms with Crippen molar-refractivity contribution in [2.75, 3.05) is 4.90 Å². The fraction of sp³-hybridized carbons (Fsp3) is 0.226. The van der Waals surface area contributed by atoms with Crippen molar-refractivity contribution < 1.29 is 9.72 Å². The summed E-state index contributed by atoms with van der Waals surface area (Å²) in [6.45, 7) is 6.14. The van der Waals surface area contributed by atoms with Crippen LogP contribution in [0.3, 0.4) is 0 Å². The van der Waals surface area contributed by atoms with E-state index in [0.717, 1.165) is 22.5 Å². The normalized spacial score (nSPS) is 18.9. The summed E-state index contributed by atoms with van der Waals surface area (Å²) < 4.78 is 0.